The molecule has 14 heavy (non-hydrogen) atoms. The number of halogens is 1. The monoisotopic (exact) mass is 251 g/mol. The van der Waals surface area contributed by atoms with Crippen molar-refractivity contribution in [2.24, 2.45) is 0 Å². The van der Waals surface area contributed by atoms with E-state index in [0.29, 0.717) is 0 Å². The molecule has 0 saturated heterocycles. The highest BCUT2D eigenvalue weighted by molar-refractivity contribution is 9.10. The zero-order valence-electron chi connectivity index (χ0n) is 8.76. The van der Waals surface area contributed by atoms with E-state index in [1.807, 2.05) is 27.1 Å². The van der Waals surface area contributed by atoms with Gasteiger partial charge in [-0.1, -0.05) is 28.6 Å². The Morgan fingerprint density at radius 3 is 2.57 bits per heavy atom. The summed E-state index contributed by atoms with van der Waals surface area (Å²) in [5.41, 5.74) is 6.34. The summed E-state index contributed by atoms with van der Waals surface area (Å²) in [5.74, 6) is 0. The second kappa shape index (κ2) is 4.50. The summed E-state index contributed by atoms with van der Waals surface area (Å²) in [4.78, 5) is 2.08. The first kappa shape index (κ1) is 11.1. The SMILES string of the molecule is C=C=C(C)c1ccc(Br)cc1N(C)C. The molecule has 1 nitrogen and oxygen atoms in total. The summed E-state index contributed by atoms with van der Waals surface area (Å²) >= 11 is 3.46. The van der Waals surface area contributed by atoms with Gasteiger partial charge in [-0.15, -0.1) is 5.73 Å². The zero-order valence-corrected chi connectivity index (χ0v) is 10.4. The molecule has 0 bridgehead atoms. The maximum atomic E-state index is 3.67. The molecule has 74 valence electrons. The lowest BCUT2D eigenvalue weighted by atomic mass is 10.1. The first-order valence-corrected chi connectivity index (χ1v) is 5.19. The summed E-state index contributed by atoms with van der Waals surface area (Å²) in [6.45, 7) is 5.68. The van der Waals surface area contributed by atoms with Crippen LogP contribution in [0.2, 0.25) is 0 Å². The lowest BCUT2D eigenvalue weighted by molar-refractivity contribution is 1.12. The molecule has 0 unspecified atom stereocenters. The fourth-order valence-electron chi connectivity index (χ4n) is 1.29. The second-order valence-electron chi connectivity index (χ2n) is 3.36. The van der Waals surface area contributed by atoms with Crippen molar-refractivity contribution in [3.05, 3.63) is 40.5 Å². The third-order valence-electron chi connectivity index (χ3n) is 2.11. The van der Waals surface area contributed by atoms with Crippen molar-refractivity contribution in [2.45, 2.75) is 6.92 Å². The Hall–Kier alpha value is -0.980. The minimum atomic E-state index is 1.07. The van der Waals surface area contributed by atoms with E-state index < -0.39 is 0 Å². The molecular formula is C12H14BrN. The third kappa shape index (κ3) is 2.28. The van der Waals surface area contributed by atoms with Gasteiger partial charge < -0.3 is 4.90 Å². The summed E-state index contributed by atoms with van der Waals surface area (Å²) in [5, 5.41) is 0. The van der Waals surface area contributed by atoms with Gasteiger partial charge in [0.2, 0.25) is 0 Å². The Morgan fingerprint density at radius 1 is 1.43 bits per heavy atom. The Labute approximate surface area is 93.9 Å². The van der Waals surface area contributed by atoms with Gasteiger partial charge >= 0.3 is 0 Å². The van der Waals surface area contributed by atoms with E-state index in [1.54, 1.807) is 0 Å². The molecular weight excluding hydrogens is 238 g/mol. The van der Waals surface area contributed by atoms with Gasteiger partial charge in [0.25, 0.3) is 0 Å². The van der Waals surface area contributed by atoms with E-state index in [-0.39, 0.29) is 0 Å². The summed E-state index contributed by atoms with van der Waals surface area (Å²) in [6.07, 6.45) is 0. The molecule has 0 aliphatic carbocycles. The molecule has 0 radical (unpaired) electrons. The van der Waals surface area contributed by atoms with E-state index in [2.05, 4.69) is 45.3 Å². The average Bonchev–Trinajstić information content (AvgIpc) is 2.16. The molecule has 0 amide bonds. The highest BCUT2D eigenvalue weighted by Gasteiger charge is 2.06. The van der Waals surface area contributed by atoms with Gasteiger partial charge in [-0.2, -0.15) is 0 Å². The smallest absolute Gasteiger partial charge is 0.0454 e. The van der Waals surface area contributed by atoms with Crippen molar-refractivity contribution < 1.29 is 0 Å². The number of hydrogen-bond donors (Lipinski definition) is 0. The van der Waals surface area contributed by atoms with Gasteiger partial charge in [0.1, 0.15) is 0 Å². The van der Waals surface area contributed by atoms with Gasteiger partial charge in [-0.3, -0.25) is 0 Å². The number of benzene rings is 1. The Morgan fingerprint density at radius 2 is 2.07 bits per heavy atom. The van der Waals surface area contributed by atoms with Gasteiger partial charge in [0, 0.05) is 29.8 Å². The standard InChI is InChI=1S/C12H14BrN/c1-5-9(2)11-7-6-10(13)8-12(11)14(3)4/h6-8H,1H2,2-4H3. The largest absolute Gasteiger partial charge is 0.377 e. The van der Waals surface area contributed by atoms with Crippen LogP contribution in [-0.2, 0) is 0 Å². The number of rotatable bonds is 2. The molecule has 0 heterocycles. The van der Waals surface area contributed by atoms with E-state index in [4.69, 9.17) is 0 Å². The number of allylic oxidation sites excluding steroid dienone is 1. The van der Waals surface area contributed by atoms with Crippen LogP contribution in [0.5, 0.6) is 0 Å². The fraction of sp³-hybridized carbons (Fsp3) is 0.250. The lowest BCUT2D eigenvalue weighted by Gasteiger charge is -2.17. The first-order valence-electron chi connectivity index (χ1n) is 4.40. The minimum absolute atomic E-state index is 1.07. The van der Waals surface area contributed by atoms with Gasteiger partial charge in [0.05, 0.1) is 0 Å². The maximum absolute atomic E-state index is 3.67. The van der Waals surface area contributed by atoms with Gasteiger partial charge in [-0.25, -0.2) is 0 Å². The van der Waals surface area contributed by atoms with Crippen molar-refractivity contribution in [3.8, 4) is 0 Å². The second-order valence-corrected chi connectivity index (χ2v) is 4.27. The van der Waals surface area contributed by atoms with Crippen molar-refractivity contribution >= 4 is 27.2 Å². The molecule has 1 aromatic rings. The van der Waals surface area contributed by atoms with Crippen LogP contribution < -0.4 is 4.90 Å². The third-order valence-corrected chi connectivity index (χ3v) is 2.60. The van der Waals surface area contributed by atoms with Crippen LogP contribution in [0, 0.1) is 0 Å². The van der Waals surface area contributed by atoms with Gasteiger partial charge in [0.15, 0.2) is 0 Å². The topological polar surface area (TPSA) is 3.24 Å². The van der Waals surface area contributed by atoms with Crippen LogP contribution in [0.1, 0.15) is 12.5 Å². The molecule has 0 aliphatic heterocycles. The van der Waals surface area contributed by atoms with Crippen molar-refractivity contribution in [3.63, 3.8) is 0 Å². The molecule has 2 heteroatoms. The molecule has 0 saturated carbocycles. The highest BCUT2D eigenvalue weighted by atomic mass is 79.9. The minimum Gasteiger partial charge on any atom is -0.377 e. The van der Waals surface area contributed by atoms with Crippen molar-refractivity contribution in [2.75, 3.05) is 19.0 Å². The van der Waals surface area contributed by atoms with Crippen LogP contribution in [0.25, 0.3) is 5.57 Å². The lowest BCUT2D eigenvalue weighted by Crippen LogP contribution is -2.10. The number of hydrogen-bond acceptors (Lipinski definition) is 1. The molecule has 1 aromatic carbocycles. The number of anilines is 1. The molecule has 0 fully saturated rings. The Kier molecular flexibility index (Phi) is 3.56. The normalized spacial score (nSPS) is 9.43. The van der Waals surface area contributed by atoms with E-state index in [9.17, 15) is 0 Å². The van der Waals surface area contributed by atoms with Crippen LogP contribution in [0.4, 0.5) is 5.69 Å². The van der Waals surface area contributed by atoms with Crippen LogP contribution in [0.15, 0.2) is 35.0 Å². The van der Waals surface area contributed by atoms with Crippen molar-refractivity contribution in [1.82, 2.24) is 0 Å². The first-order chi connectivity index (χ1) is 6.56. The molecule has 1 rings (SSSR count). The molecule has 0 N–H and O–H groups in total. The molecule has 0 atom stereocenters. The predicted molar refractivity (Wildman–Crippen MR) is 66.7 cm³/mol. The Bertz CT molecular complexity index is 387. The Balaban J connectivity index is 3.36. The summed E-state index contributed by atoms with van der Waals surface area (Å²) < 4.78 is 1.09. The fourth-order valence-corrected chi connectivity index (χ4v) is 1.64. The predicted octanol–water partition coefficient (Wildman–Crippen LogP) is 3.70. The highest BCUT2D eigenvalue weighted by Crippen LogP contribution is 2.28. The quantitative estimate of drug-likeness (QED) is 0.725. The maximum Gasteiger partial charge on any atom is 0.0454 e. The zero-order chi connectivity index (χ0) is 10.7. The number of nitrogens with zero attached hydrogens (tertiary/aromatic N) is 1. The summed E-state index contributed by atoms with van der Waals surface area (Å²) in [6, 6.07) is 6.20. The molecule has 0 spiro atoms. The average molecular weight is 252 g/mol. The van der Waals surface area contributed by atoms with Crippen LogP contribution >= 0.6 is 15.9 Å². The van der Waals surface area contributed by atoms with Crippen LogP contribution in [0.3, 0.4) is 0 Å². The van der Waals surface area contributed by atoms with Gasteiger partial charge in [-0.05, 0) is 24.6 Å². The van der Waals surface area contributed by atoms with Crippen molar-refractivity contribution in [1.29, 1.82) is 0 Å². The summed E-state index contributed by atoms with van der Waals surface area (Å²) in [7, 11) is 4.06. The molecule has 0 aromatic heterocycles. The molecule has 0 aliphatic rings. The van der Waals surface area contributed by atoms with E-state index >= 15 is 0 Å². The van der Waals surface area contributed by atoms with Crippen LogP contribution in [-0.4, -0.2) is 14.1 Å². The van der Waals surface area contributed by atoms with E-state index in [1.165, 1.54) is 11.3 Å². The van der Waals surface area contributed by atoms with E-state index in [0.717, 1.165) is 10.0 Å².